The maximum atomic E-state index is 12.6. The number of carboxylic acid groups (broad SMARTS) is 1. The first-order valence-corrected chi connectivity index (χ1v) is 9.54. The topological polar surface area (TPSA) is 90.0 Å². The zero-order valence-corrected chi connectivity index (χ0v) is 17.5. The molecule has 1 unspecified atom stereocenters. The van der Waals surface area contributed by atoms with Crippen LogP contribution in [0.25, 0.3) is 0 Å². The van der Waals surface area contributed by atoms with Gasteiger partial charge in [-0.15, -0.1) is 12.4 Å². The van der Waals surface area contributed by atoms with Crippen LogP contribution in [0.2, 0.25) is 0 Å². The molecule has 2 rings (SSSR count). The minimum absolute atomic E-state index is 0. The van der Waals surface area contributed by atoms with E-state index in [-0.39, 0.29) is 36.2 Å². The van der Waals surface area contributed by atoms with E-state index in [0.717, 1.165) is 0 Å². The predicted molar refractivity (Wildman–Crippen MR) is 111 cm³/mol. The molecule has 0 bridgehead atoms. The van der Waals surface area contributed by atoms with Crippen molar-refractivity contribution in [3.05, 3.63) is 29.8 Å². The zero-order chi connectivity index (χ0) is 20.0. The fourth-order valence-corrected chi connectivity index (χ4v) is 3.37. The van der Waals surface area contributed by atoms with E-state index in [1.165, 1.54) is 0 Å². The molecule has 7 nitrogen and oxygen atoms in total. The lowest BCUT2D eigenvalue weighted by molar-refractivity contribution is -0.143. The number of likely N-dealkylation sites (tertiary alicyclic amines) is 1. The van der Waals surface area contributed by atoms with Crippen LogP contribution in [0.15, 0.2) is 24.3 Å². The number of piperidine rings is 1. The number of amides is 2. The van der Waals surface area contributed by atoms with Gasteiger partial charge in [0.25, 0.3) is 5.91 Å². The van der Waals surface area contributed by atoms with Gasteiger partial charge in [-0.25, -0.2) is 0 Å². The maximum Gasteiger partial charge on any atom is 0.306 e. The van der Waals surface area contributed by atoms with E-state index in [2.05, 4.69) is 5.32 Å². The van der Waals surface area contributed by atoms with Gasteiger partial charge in [0, 0.05) is 24.3 Å². The van der Waals surface area contributed by atoms with Crippen LogP contribution in [0.1, 0.15) is 44.0 Å². The van der Waals surface area contributed by atoms with Crippen molar-refractivity contribution < 1.29 is 19.5 Å². The Hall–Kier alpha value is -2.12. The van der Waals surface area contributed by atoms with E-state index < -0.39 is 5.97 Å². The van der Waals surface area contributed by atoms with Gasteiger partial charge in [0.2, 0.25) is 5.91 Å². The van der Waals surface area contributed by atoms with E-state index in [1.807, 2.05) is 25.7 Å². The summed E-state index contributed by atoms with van der Waals surface area (Å²) in [6.45, 7) is 8.13. The average Bonchev–Trinajstić information content (AvgIpc) is 2.68. The summed E-state index contributed by atoms with van der Waals surface area (Å²) in [6.07, 6.45) is 1.11. The summed E-state index contributed by atoms with van der Waals surface area (Å²) >= 11 is 0. The second-order valence-corrected chi connectivity index (χ2v) is 6.87. The van der Waals surface area contributed by atoms with E-state index in [4.69, 9.17) is 5.11 Å². The van der Waals surface area contributed by atoms with Gasteiger partial charge in [-0.3, -0.25) is 19.3 Å². The number of carboxylic acids is 1. The third kappa shape index (κ3) is 5.94. The van der Waals surface area contributed by atoms with Gasteiger partial charge < -0.3 is 15.3 Å². The molecule has 0 aliphatic carbocycles. The van der Waals surface area contributed by atoms with Crippen LogP contribution in [0.4, 0.5) is 5.69 Å². The fourth-order valence-electron chi connectivity index (χ4n) is 3.37. The van der Waals surface area contributed by atoms with Crippen molar-refractivity contribution in [3.63, 3.8) is 0 Å². The van der Waals surface area contributed by atoms with E-state index in [9.17, 15) is 14.4 Å². The molecule has 2 N–H and O–H groups in total. The molecule has 2 amide bonds. The number of hydrogen-bond acceptors (Lipinski definition) is 4. The molecule has 0 spiro atoms. The zero-order valence-electron chi connectivity index (χ0n) is 16.7. The number of rotatable bonds is 7. The second-order valence-electron chi connectivity index (χ2n) is 6.87. The molecule has 0 aromatic heterocycles. The van der Waals surface area contributed by atoms with Crippen LogP contribution in [0.5, 0.6) is 0 Å². The number of carbonyl (C=O) groups excluding carboxylic acids is 2. The molecule has 1 fully saturated rings. The highest BCUT2D eigenvalue weighted by Gasteiger charge is 2.29. The Morgan fingerprint density at radius 2 is 1.82 bits per heavy atom. The predicted octanol–water partition coefficient (Wildman–Crippen LogP) is 2.71. The van der Waals surface area contributed by atoms with Crippen LogP contribution in [0, 0.1) is 5.92 Å². The summed E-state index contributed by atoms with van der Waals surface area (Å²) in [7, 11) is 0. The normalized spacial score (nSPS) is 16.0. The molecule has 1 aromatic rings. The minimum atomic E-state index is -0.763. The van der Waals surface area contributed by atoms with Gasteiger partial charge >= 0.3 is 5.97 Å². The molecule has 1 atom stereocenters. The second kappa shape index (κ2) is 11.0. The monoisotopic (exact) mass is 411 g/mol. The lowest BCUT2D eigenvalue weighted by Gasteiger charge is -2.33. The largest absolute Gasteiger partial charge is 0.481 e. The fraction of sp³-hybridized carbons (Fsp3) is 0.550. The highest BCUT2D eigenvalue weighted by atomic mass is 35.5. The summed E-state index contributed by atoms with van der Waals surface area (Å²) in [4.78, 5) is 39.8. The van der Waals surface area contributed by atoms with Gasteiger partial charge in [0.1, 0.15) is 0 Å². The molecule has 1 aliphatic heterocycles. The number of benzene rings is 1. The number of nitrogens with one attached hydrogen (secondary N) is 1. The molecule has 156 valence electrons. The Bertz CT molecular complexity index is 686. The molecule has 1 aliphatic rings. The Labute approximate surface area is 172 Å². The number of anilines is 1. The van der Waals surface area contributed by atoms with Gasteiger partial charge in [-0.1, -0.05) is 6.07 Å². The van der Waals surface area contributed by atoms with E-state index in [1.54, 1.807) is 29.2 Å². The van der Waals surface area contributed by atoms with Gasteiger partial charge in [0.15, 0.2) is 0 Å². The number of nitrogens with zero attached hydrogens (tertiary/aromatic N) is 2. The highest BCUT2D eigenvalue weighted by Crippen LogP contribution is 2.20. The van der Waals surface area contributed by atoms with Crippen LogP contribution in [0.3, 0.4) is 0 Å². The molecule has 28 heavy (non-hydrogen) atoms. The van der Waals surface area contributed by atoms with Gasteiger partial charge in [0.05, 0.1) is 12.0 Å². The van der Waals surface area contributed by atoms with Crippen molar-refractivity contribution in [1.29, 1.82) is 0 Å². The molecular formula is C20H30ClN3O4. The first kappa shape index (κ1) is 23.9. The Balaban J connectivity index is 0.00000392. The summed E-state index contributed by atoms with van der Waals surface area (Å²) in [5.41, 5.74) is 1.14. The summed E-state index contributed by atoms with van der Waals surface area (Å²) in [5.74, 6) is -1.29. The lowest BCUT2D eigenvalue weighted by Crippen LogP contribution is -2.47. The van der Waals surface area contributed by atoms with Crippen LogP contribution in [-0.4, -0.2) is 64.9 Å². The third-order valence-electron chi connectivity index (χ3n) is 5.23. The first-order valence-electron chi connectivity index (χ1n) is 9.54. The SMILES string of the molecule is CCN(CC)C(=O)c1cccc(NC(=O)C(C)N2CCC(C(=O)O)CC2)c1.Cl. The van der Waals surface area contributed by atoms with Crippen molar-refractivity contribution in [1.82, 2.24) is 9.80 Å². The van der Waals surface area contributed by atoms with Crippen molar-refractivity contribution in [3.8, 4) is 0 Å². The van der Waals surface area contributed by atoms with Gasteiger partial charge in [-0.05, 0) is 64.9 Å². The van der Waals surface area contributed by atoms with Crippen molar-refractivity contribution >= 4 is 35.9 Å². The minimum Gasteiger partial charge on any atom is -0.481 e. The van der Waals surface area contributed by atoms with Crippen LogP contribution < -0.4 is 5.32 Å². The van der Waals surface area contributed by atoms with Crippen molar-refractivity contribution in [2.24, 2.45) is 5.92 Å². The molecule has 8 heteroatoms. The average molecular weight is 412 g/mol. The molecule has 0 radical (unpaired) electrons. The summed E-state index contributed by atoms with van der Waals surface area (Å²) in [5, 5.41) is 12.0. The highest BCUT2D eigenvalue weighted by molar-refractivity contribution is 5.98. The number of halogens is 1. The third-order valence-corrected chi connectivity index (χ3v) is 5.23. The lowest BCUT2D eigenvalue weighted by atomic mass is 9.96. The van der Waals surface area contributed by atoms with Crippen LogP contribution >= 0.6 is 12.4 Å². The Kier molecular flexibility index (Phi) is 9.41. The quantitative estimate of drug-likeness (QED) is 0.720. The maximum absolute atomic E-state index is 12.6. The summed E-state index contributed by atoms with van der Waals surface area (Å²) < 4.78 is 0. The number of aliphatic carboxylic acids is 1. The number of carbonyl (C=O) groups is 3. The Morgan fingerprint density at radius 1 is 1.21 bits per heavy atom. The molecule has 1 aromatic carbocycles. The van der Waals surface area contributed by atoms with E-state index in [0.29, 0.717) is 50.3 Å². The standard InChI is InChI=1S/C20H29N3O4.ClH/c1-4-22(5-2)19(25)16-7-6-8-17(13-16)21-18(24)14(3)23-11-9-15(10-12-23)20(26)27;/h6-8,13-15H,4-5,9-12H2,1-3H3,(H,21,24)(H,26,27);1H. The van der Waals surface area contributed by atoms with E-state index >= 15 is 0 Å². The molecular weight excluding hydrogens is 382 g/mol. The van der Waals surface area contributed by atoms with Crippen molar-refractivity contribution in [2.75, 3.05) is 31.5 Å². The van der Waals surface area contributed by atoms with Crippen LogP contribution in [-0.2, 0) is 9.59 Å². The van der Waals surface area contributed by atoms with Crippen molar-refractivity contribution in [2.45, 2.75) is 39.7 Å². The molecule has 1 heterocycles. The Morgan fingerprint density at radius 3 is 2.36 bits per heavy atom. The molecule has 0 saturated carbocycles. The first-order chi connectivity index (χ1) is 12.9. The molecule has 1 saturated heterocycles. The van der Waals surface area contributed by atoms with Gasteiger partial charge in [-0.2, -0.15) is 0 Å². The smallest absolute Gasteiger partial charge is 0.306 e. The number of hydrogen-bond donors (Lipinski definition) is 2. The summed E-state index contributed by atoms with van der Waals surface area (Å²) in [6, 6.07) is 6.61.